The number of nitrogens with zero attached hydrogens (tertiary/aromatic N) is 5. The Morgan fingerprint density at radius 3 is 2.64 bits per heavy atom. The van der Waals surface area contributed by atoms with E-state index in [4.69, 9.17) is 0 Å². The first-order valence-electron chi connectivity index (χ1n) is 7.31. The summed E-state index contributed by atoms with van der Waals surface area (Å²) in [5, 5.41) is 13.2. The van der Waals surface area contributed by atoms with E-state index in [2.05, 4.69) is 32.3 Å². The van der Waals surface area contributed by atoms with Gasteiger partial charge in [0.05, 0.1) is 17.6 Å². The lowest BCUT2D eigenvalue weighted by Gasteiger charge is -2.33. The van der Waals surface area contributed by atoms with Gasteiger partial charge in [-0.15, -0.1) is 34.0 Å². The molecule has 0 amide bonds. The Balaban J connectivity index is 0.000000882. The second-order valence-electron chi connectivity index (χ2n) is 6.12. The van der Waals surface area contributed by atoms with Gasteiger partial charge in [-0.1, -0.05) is 0 Å². The van der Waals surface area contributed by atoms with E-state index in [9.17, 15) is 0 Å². The van der Waals surface area contributed by atoms with Gasteiger partial charge in [0.1, 0.15) is 0 Å². The first kappa shape index (κ1) is 17.6. The van der Waals surface area contributed by atoms with Crippen molar-refractivity contribution in [2.24, 2.45) is 7.05 Å². The second-order valence-corrected chi connectivity index (χ2v) is 6.12. The van der Waals surface area contributed by atoms with Crippen molar-refractivity contribution >= 4 is 34.0 Å². The SMILES string of the molecule is Br.Br.Cn1cc(-c2ccc([C@@]34CCCN(CC3)C4)nn2)cn1. The van der Waals surface area contributed by atoms with Crippen molar-refractivity contribution in [1.29, 1.82) is 0 Å². The minimum atomic E-state index is 0. The average molecular weight is 431 g/mol. The zero-order valence-corrected chi connectivity index (χ0v) is 16.0. The number of hydrogen-bond donors (Lipinski definition) is 0. The molecule has 0 aliphatic carbocycles. The van der Waals surface area contributed by atoms with Crippen LogP contribution >= 0.6 is 34.0 Å². The van der Waals surface area contributed by atoms with E-state index < -0.39 is 0 Å². The molecule has 0 aromatic carbocycles. The summed E-state index contributed by atoms with van der Waals surface area (Å²) in [6.07, 6.45) is 7.57. The minimum absolute atomic E-state index is 0. The highest BCUT2D eigenvalue weighted by Crippen LogP contribution is 2.41. The second kappa shape index (κ2) is 6.76. The molecule has 1 unspecified atom stereocenters. The van der Waals surface area contributed by atoms with Gasteiger partial charge in [0.15, 0.2) is 0 Å². The van der Waals surface area contributed by atoms with Crippen LogP contribution in [0.25, 0.3) is 11.3 Å². The molecule has 120 valence electrons. The third-order valence-electron chi connectivity index (χ3n) is 4.77. The fourth-order valence-corrected chi connectivity index (χ4v) is 3.65. The monoisotopic (exact) mass is 429 g/mol. The largest absolute Gasteiger partial charge is 0.302 e. The van der Waals surface area contributed by atoms with Gasteiger partial charge in [-0.3, -0.25) is 4.68 Å². The maximum absolute atomic E-state index is 4.54. The molecule has 4 heterocycles. The Morgan fingerprint density at radius 2 is 1.95 bits per heavy atom. The lowest BCUT2D eigenvalue weighted by Crippen LogP contribution is -2.37. The topological polar surface area (TPSA) is 46.8 Å². The van der Waals surface area contributed by atoms with Gasteiger partial charge < -0.3 is 4.90 Å². The van der Waals surface area contributed by atoms with Gasteiger partial charge in [0.2, 0.25) is 0 Å². The maximum Gasteiger partial charge on any atom is 0.0961 e. The van der Waals surface area contributed by atoms with Crippen molar-refractivity contribution in [3.8, 4) is 11.3 Å². The van der Waals surface area contributed by atoms with Gasteiger partial charge in [0, 0.05) is 30.8 Å². The number of aryl methyl sites for hydroxylation is 1. The van der Waals surface area contributed by atoms with Crippen LogP contribution < -0.4 is 0 Å². The number of piperidine rings is 1. The lowest BCUT2D eigenvalue weighted by molar-refractivity contribution is 0.239. The van der Waals surface area contributed by atoms with Crippen molar-refractivity contribution in [1.82, 2.24) is 24.9 Å². The summed E-state index contributed by atoms with van der Waals surface area (Å²) in [6, 6.07) is 4.26. The van der Waals surface area contributed by atoms with Crippen LogP contribution in [0.1, 0.15) is 25.0 Å². The third-order valence-corrected chi connectivity index (χ3v) is 4.77. The predicted octanol–water partition coefficient (Wildman–Crippen LogP) is 2.77. The normalized spacial score (nSPS) is 26.1. The molecule has 2 bridgehead atoms. The zero-order chi connectivity index (χ0) is 13.6. The van der Waals surface area contributed by atoms with Crippen LogP contribution in [-0.4, -0.2) is 44.5 Å². The first-order chi connectivity index (χ1) is 9.75. The highest BCUT2D eigenvalue weighted by Gasteiger charge is 2.43. The van der Waals surface area contributed by atoms with Crippen molar-refractivity contribution in [2.45, 2.75) is 24.7 Å². The predicted molar refractivity (Wildman–Crippen MR) is 96.8 cm³/mol. The minimum Gasteiger partial charge on any atom is -0.302 e. The Bertz CT molecular complexity index is 623. The number of fused-ring (bicyclic) bond motifs is 2. The van der Waals surface area contributed by atoms with Gasteiger partial charge in [-0.05, 0) is 44.5 Å². The summed E-state index contributed by atoms with van der Waals surface area (Å²) in [6.45, 7) is 3.63. The van der Waals surface area contributed by atoms with Crippen LogP contribution in [0.15, 0.2) is 24.5 Å². The molecule has 0 spiro atoms. The molecule has 2 aromatic rings. The van der Waals surface area contributed by atoms with E-state index in [1.54, 1.807) is 4.68 Å². The zero-order valence-electron chi connectivity index (χ0n) is 12.6. The highest BCUT2D eigenvalue weighted by atomic mass is 79.9. The molecule has 2 aliphatic heterocycles. The standard InChI is InChI=1S/C15H19N5.2BrH/c1-19-10-12(9-16-19)13-3-4-14(18-17-13)15-5-2-7-20(11-15)8-6-15;;/h3-4,9-10H,2,5-8,11H2,1H3;2*1H/t15-;;/m0../s1. The Labute approximate surface area is 151 Å². The molecule has 0 N–H and O–H groups in total. The molecule has 2 aliphatic rings. The smallest absolute Gasteiger partial charge is 0.0961 e. The molecule has 2 atom stereocenters. The van der Waals surface area contributed by atoms with Crippen LogP contribution in [-0.2, 0) is 12.5 Å². The Morgan fingerprint density at radius 1 is 1.09 bits per heavy atom. The maximum atomic E-state index is 4.54. The van der Waals surface area contributed by atoms with Gasteiger partial charge in [-0.2, -0.15) is 15.3 Å². The highest BCUT2D eigenvalue weighted by molar-refractivity contribution is 8.93. The number of aromatic nitrogens is 4. The molecular formula is C15H21Br2N5. The third kappa shape index (κ3) is 2.98. The van der Waals surface area contributed by atoms with Crippen LogP contribution in [0.2, 0.25) is 0 Å². The molecule has 5 nitrogen and oxygen atoms in total. The van der Waals surface area contributed by atoms with E-state index in [1.165, 1.54) is 38.0 Å². The van der Waals surface area contributed by atoms with Crippen LogP contribution in [0.3, 0.4) is 0 Å². The van der Waals surface area contributed by atoms with Crippen LogP contribution in [0.5, 0.6) is 0 Å². The summed E-state index contributed by atoms with van der Waals surface area (Å²) >= 11 is 0. The van der Waals surface area contributed by atoms with E-state index in [1.807, 2.05) is 19.4 Å². The Hall–Kier alpha value is -0.790. The average Bonchev–Trinajstić information content (AvgIpc) is 3.04. The van der Waals surface area contributed by atoms with Crippen molar-refractivity contribution < 1.29 is 0 Å². The van der Waals surface area contributed by atoms with E-state index in [-0.39, 0.29) is 39.4 Å². The summed E-state index contributed by atoms with van der Waals surface area (Å²) in [7, 11) is 1.92. The first-order valence-corrected chi connectivity index (χ1v) is 7.31. The van der Waals surface area contributed by atoms with E-state index >= 15 is 0 Å². The fourth-order valence-electron chi connectivity index (χ4n) is 3.65. The molecule has 0 saturated carbocycles. The molecule has 22 heavy (non-hydrogen) atoms. The molecule has 0 radical (unpaired) electrons. The lowest BCUT2D eigenvalue weighted by atomic mass is 9.78. The molecule has 2 aromatic heterocycles. The molecule has 2 saturated heterocycles. The van der Waals surface area contributed by atoms with E-state index in [0.717, 1.165) is 17.8 Å². The fraction of sp³-hybridized carbons (Fsp3) is 0.533. The summed E-state index contributed by atoms with van der Waals surface area (Å²) < 4.78 is 1.79. The molecular weight excluding hydrogens is 410 g/mol. The van der Waals surface area contributed by atoms with Gasteiger partial charge >= 0.3 is 0 Å². The van der Waals surface area contributed by atoms with Crippen LogP contribution in [0, 0.1) is 0 Å². The van der Waals surface area contributed by atoms with Crippen molar-refractivity contribution in [3.63, 3.8) is 0 Å². The van der Waals surface area contributed by atoms with E-state index in [0.29, 0.717) is 0 Å². The van der Waals surface area contributed by atoms with Gasteiger partial charge in [0.25, 0.3) is 0 Å². The summed E-state index contributed by atoms with van der Waals surface area (Å²) in [5.74, 6) is 0. The quantitative estimate of drug-likeness (QED) is 0.734. The number of halogens is 2. The Kier molecular flexibility index (Phi) is 5.40. The molecule has 4 rings (SSSR count). The number of hydrogen-bond acceptors (Lipinski definition) is 4. The summed E-state index contributed by atoms with van der Waals surface area (Å²) in [4.78, 5) is 2.56. The van der Waals surface area contributed by atoms with Crippen LogP contribution in [0.4, 0.5) is 0 Å². The van der Waals surface area contributed by atoms with Crippen molar-refractivity contribution in [3.05, 3.63) is 30.2 Å². The van der Waals surface area contributed by atoms with Gasteiger partial charge in [-0.25, -0.2) is 0 Å². The van der Waals surface area contributed by atoms with Crippen molar-refractivity contribution in [2.75, 3.05) is 19.6 Å². The number of rotatable bonds is 2. The summed E-state index contributed by atoms with van der Waals surface area (Å²) in [5.41, 5.74) is 3.37. The molecule has 7 heteroatoms. The molecule has 2 fully saturated rings.